The summed E-state index contributed by atoms with van der Waals surface area (Å²) in [5.74, 6) is 2.70. The number of hydrogen-bond acceptors (Lipinski definition) is 3. The van der Waals surface area contributed by atoms with Crippen LogP contribution in [0.2, 0.25) is 0 Å². The molecule has 1 aliphatic heterocycles. The second-order valence-corrected chi connectivity index (χ2v) is 5.26. The van der Waals surface area contributed by atoms with Crippen LogP contribution >= 0.6 is 0 Å². The second-order valence-electron chi connectivity index (χ2n) is 5.26. The normalized spacial score (nSPS) is 16.6. The molecule has 0 aromatic heterocycles. The van der Waals surface area contributed by atoms with E-state index in [2.05, 4.69) is 16.1 Å². The van der Waals surface area contributed by atoms with Gasteiger partial charge in [0.25, 0.3) is 0 Å². The van der Waals surface area contributed by atoms with Crippen LogP contribution in [0.5, 0.6) is 5.75 Å². The molecule has 0 unspecified atom stereocenters. The van der Waals surface area contributed by atoms with Crippen molar-refractivity contribution in [2.75, 3.05) is 25.0 Å². The molecule has 1 amide bonds. The Bertz CT molecular complexity index is 526. The monoisotopic (exact) mass is 272 g/mol. The molecule has 0 bridgehead atoms. The van der Waals surface area contributed by atoms with Crippen molar-refractivity contribution >= 4 is 11.6 Å². The first-order valence-electron chi connectivity index (χ1n) is 6.86. The number of phenolic OH excluding ortho intramolecular Hbond substituents is 1. The lowest BCUT2D eigenvalue weighted by Gasteiger charge is -2.29. The number of rotatable bonds is 3. The predicted molar refractivity (Wildman–Crippen MR) is 79.5 cm³/mol. The minimum Gasteiger partial charge on any atom is -0.506 e. The number of amides is 1. The summed E-state index contributed by atoms with van der Waals surface area (Å²) in [5, 5.41) is 12.6. The zero-order valence-corrected chi connectivity index (χ0v) is 11.7. The van der Waals surface area contributed by atoms with Crippen molar-refractivity contribution < 1.29 is 9.90 Å². The number of carbonyl (C=O) groups excluding carboxylic acids is 1. The van der Waals surface area contributed by atoms with Crippen molar-refractivity contribution in [3.63, 3.8) is 0 Å². The minimum atomic E-state index is -0.0220. The number of aromatic hydroxyl groups is 1. The van der Waals surface area contributed by atoms with Crippen LogP contribution < -0.4 is 5.32 Å². The van der Waals surface area contributed by atoms with E-state index in [9.17, 15) is 9.90 Å². The largest absolute Gasteiger partial charge is 0.506 e. The minimum absolute atomic E-state index is 0.0102. The van der Waals surface area contributed by atoms with Crippen molar-refractivity contribution in [3.8, 4) is 18.1 Å². The first kappa shape index (κ1) is 14.4. The Morgan fingerprint density at radius 1 is 1.50 bits per heavy atom. The van der Waals surface area contributed by atoms with E-state index in [4.69, 9.17) is 6.42 Å². The molecule has 0 spiro atoms. The van der Waals surface area contributed by atoms with Gasteiger partial charge < -0.3 is 10.4 Å². The van der Waals surface area contributed by atoms with Gasteiger partial charge in [0, 0.05) is 5.92 Å². The molecule has 1 fully saturated rings. The van der Waals surface area contributed by atoms with Crippen LogP contribution in [0.25, 0.3) is 0 Å². The SMILES string of the molecule is C#CCN1CCC(C(=O)Nc2cc(C)ccc2O)CC1. The van der Waals surface area contributed by atoms with Gasteiger partial charge in [-0.05, 0) is 50.6 Å². The third-order valence-corrected chi connectivity index (χ3v) is 3.68. The number of aryl methyl sites for hydroxylation is 1. The molecule has 1 aliphatic rings. The van der Waals surface area contributed by atoms with Crippen LogP contribution in [0.1, 0.15) is 18.4 Å². The Kier molecular flexibility index (Phi) is 4.65. The fraction of sp³-hybridized carbons (Fsp3) is 0.438. The van der Waals surface area contributed by atoms with Crippen molar-refractivity contribution in [3.05, 3.63) is 23.8 Å². The van der Waals surface area contributed by atoms with E-state index in [1.165, 1.54) is 0 Å². The van der Waals surface area contributed by atoms with Gasteiger partial charge >= 0.3 is 0 Å². The smallest absolute Gasteiger partial charge is 0.227 e. The highest BCUT2D eigenvalue weighted by Crippen LogP contribution is 2.26. The molecular weight excluding hydrogens is 252 g/mol. The number of piperidine rings is 1. The van der Waals surface area contributed by atoms with Gasteiger partial charge in [-0.2, -0.15) is 0 Å². The number of carbonyl (C=O) groups is 1. The molecule has 106 valence electrons. The van der Waals surface area contributed by atoms with Crippen LogP contribution in [-0.2, 0) is 4.79 Å². The molecule has 2 N–H and O–H groups in total. The third kappa shape index (κ3) is 3.52. The van der Waals surface area contributed by atoms with E-state index in [1.54, 1.807) is 12.1 Å². The lowest BCUT2D eigenvalue weighted by molar-refractivity contribution is -0.121. The summed E-state index contributed by atoms with van der Waals surface area (Å²) in [6, 6.07) is 5.18. The molecule has 0 atom stereocenters. The molecule has 1 aromatic carbocycles. The average molecular weight is 272 g/mol. The van der Waals surface area contributed by atoms with Crippen molar-refractivity contribution in [1.82, 2.24) is 4.90 Å². The average Bonchev–Trinajstić information content (AvgIpc) is 2.44. The molecule has 4 nitrogen and oxygen atoms in total. The summed E-state index contributed by atoms with van der Waals surface area (Å²) in [4.78, 5) is 14.4. The Morgan fingerprint density at radius 2 is 2.20 bits per heavy atom. The number of nitrogens with one attached hydrogen (secondary N) is 1. The topological polar surface area (TPSA) is 52.6 Å². The summed E-state index contributed by atoms with van der Waals surface area (Å²) in [7, 11) is 0. The summed E-state index contributed by atoms with van der Waals surface area (Å²) >= 11 is 0. The van der Waals surface area contributed by atoms with Gasteiger partial charge in [0.15, 0.2) is 0 Å². The van der Waals surface area contributed by atoms with Gasteiger partial charge in [0.2, 0.25) is 5.91 Å². The number of phenols is 1. The van der Waals surface area contributed by atoms with Gasteiger partial charge in [0.05, 0.1) is 12.2 Å². The highest BCUT2D eigenvalue weighted by Gasteiger charge is 2.25. The summed E-state index contributed by atoms with van der Waals surface area (Å²) < 4.78 is 0. The fourth-order valence-electron chi connectivity index (χ4n) is 2.47. The lowest BCUT2D eigenvalue weighted by atomic mass is 9.96. The maximum Gasteiger partial charge on any atom is 0.227 e. The molecular formula is C16H20N2O2. The predicted octanol–water partition coefficient (Wildman–Crippen LogP) is 1.98. The zero-order chi connectivity index (χ0) is 14.5. The van der Waals surface area contributed by atoms with Crippen LogP contribution in [0.4, 0.5) is 5.69 Å². The number of likely N-dealkylation sites (tertiary alicyclic amines) is 1. The van der Waals surface area contributed by atoms with Crippen LogP contribution in [0, 0.1) is 25.2 Å². The van der Waals surface area contributed by atoms with Crippen LogP contribution in [-0.4, -0.2) is 35.5 Å². The summed E-state index contributed by atoms with van der Waals surface area (Å²) in [6.45, 7) is 4.27. The Balaban J connectivity index is 1.93. The van der Waals surface area contributed by atoms with E-state index >= 15 is 0 Å². The van der Waals surface area contributed by atoms with Gasteiger partial charge in [-0.3, -0.25) is 9.69 Å². The second kappa shape index (κ2) is 6.44. The van der Waals surface area contributed by atoms with E-state index in [0.29, 0.717) is 12.2 Å². The molecule has 0 radical (unpaired) electrons. The van der Waals surface area contributed by atoms with E-state index < -0.39 is 0 Å². The first-order chi connectivity index (χ1) is 9.60. The molecule has 2 rings (SSSR count). The molecule has 1 saturated heterocycles. The fourth-order valence-corrected chi connectivity index (χ4v) is 2.47. The third-order valence-electron chi connectivity index (χ3n) is 3.68. The highest BCUT2D eigenvalue weighted by molar-refractivity contribution is 5.94. The highest BCUT2D eigenvalue weighted by atomic mass is 16.3. The quantitative estimate of drug-likeness (QED) is 0.653. The standard InChI is InChI=1S/C16H20N2O2/c1-3-8-18-9-6-13(7-10-18)16(20)17-14-11-12(2)4-5-15(14)19/h1,4-5,11,13,19H,6-10H2,2H3,(H,17,20). The number of nitrogens with zero attached hydrogens (tertiary/aromatic N) is 1. The Hall–Kier alpha value is -1.99. The maximum atomic E-state index is 12.2. The number of terminal acetylenes is 1. The van der Waals surface area contributed by atoms with E-state index in [-0.39, 0.29) is 17.6 Å². The first-order valence-corrected chi connectivity index (χ1v) is 6.86. The number of anilines is 1. The summed E-state index contributed by atoms with van der Waals surface area (Å²) in [5.41, 5.74) is 1.49. The molecule has 0 saturated carbocycles. The maximum absolute atomic E-state index is 12.2. The van der Waals surface area contributed by atoms with Gasteiger partial charge in [-0.15, -0.1) is 6.42 Å². The van der Waals surface area contributed by atoms with Gasteiger partial charge in [-0.25, -0.2) is 0 Å². The van der Waals surface area contributed by atoms with E-state index in [1.807, 2.05) is 13.0 Å². The number of hydrogen-bond donors (Lipinski definition) is 2. The van der Waals surface area contributed by atoms with Gasteiger partial charge in [-0.1, -0.05) is 12.0 Å². The van der Waals surface area contributed by atoms with Crippen LogP contribution in [0.15, 0.2) is 18.2 Å². The Labute approximate surface area is 119 Å². The molecule has 1 heterocycles. The summed E-state index contributed by atoms with van der Waals surface area (Å²) in [6.07, 6.45) is 6.90. The van der Waals surface area contributed by atoms with Gasteiger partial charge in [0.1, 0.15) is 5.75 Å². The zero-order valence-electron chi connectivity index (χ0n) is 11.7. The molecule has 0 aliphatic carbocycles. The molecule has 4 heteroatoms. The van der Waals surface area contributed by atoms with Crippen molar-refractivity contribution in [2.45, 2.75) is 19.8 Å². The van der Waals surface area contributed by atoms with Crippen LogP contribution in [0.3, 0.4) is 0 Å². The Morgan fingerprint density at radius 3 is 2.85 bits per heavy atom. The van der Waals surface area contributed by atoms with Crippen molar-refractivity contribution in [1.29, 1.82) is 0 Å². The molecule has 1 aromatic rings. The lowest BCUT2D eigenvalue weighted by Crippen LogP contribution is -2.38. The molecule has 20 heavy (non-hydrogen) atoms. The number of benzene rings is 1. The van der Waals surface area contributed by atoms with Crippen molar-refractivity contribution in [2.24, 2.45) is 5.92 Å². The van der Waals surface area contributed by atoms with E-state index in [0.717, 1.165) is 31.5 Å².